The van der Waals surface area contributed by atoms with Crippen molar-refractivity contribution in [2.24, 2.45) is 0 Å². The number of amides is 2. The Morgan fingerprint density at radius 2 is 1.57 bits per heavy atom. The second-order valence-electron chi connectivity index (χ2n) is 10.0. The van der Waals surface area contributed by atoms with Crippen LogP contribution in [-0.2, 0) is 16.3 Å². The van der Waals surface area contributed by atoms with E-state index in [0.717, 1.165) is 17.8 Å². The van der Waals surface area contributed by atoms with Gasteiger partial charge in [0.1, 0.15) is 0 Å². The summed E-state index contributed by atoms with van der Waals surface area (Å²) in [5, 5.41) is 6.45. The molecule has 3 N–H and O–H groups in total. The first-order valence-corrected chi connectivity index (χ1v) is 15.5. The first-order chi connectivity index (χ1) is 21.7. The molecular formula is C33H29F3N4O5S. The van der Waals surface area contributed by atoms with Crippen LogP contribution in [-0.4, -0.2) is 40.5 Å². The molecule has 2 heterocycles. The molecule has 3 aromatic carbocycles. The van der Waals surface area contributed by atoms with Crippen molar-refractivity contribution < 1.29 is 35.7 Å². The first-order valence-electron chi connectivity index (χ1n) is 13.9. The summed E-state index contributed by atoms with van der Waals surface area (Å²) in [4.78, 5) is 34.6. The predicted octanol–water partition coefficient (Wildman–Crippen LogP) is 6.95. The van der Waals surface area contributed by atoms with Gasteiger partial charge in [-0.3, -0.25) is 24.1 Å². The second-order valence-corrected chi connectivity index (χ2v) is 11.8. The van der Waals surface area contributed by atoms with Gasteiger partial charge >= 0.3 is 6.18 Å². The number of halogens is 3. The molecule has 0 radical (unpaired) electrons. The van der Waals surface area contributed by atoms with Gasteiger partial charge in [-0.1, -0.05) is 42.5 Å². The van der Waals surface area contributed by atoms with Gasteiger partial charge in [0, 0.05) is 29.0 Å². The lowest BCUT2D eigenvalue weighted by Crippen LogP contribution is -2.27. The molecule has 0 fully saturated rings. The third-order valence-electron chi connectivity index (χ3n) is 6.74. The molecule has 1 unspecified atom stereocenters. The van der Waals surface area contributed by atoms with Crippen molar-refractivity contribution in [2.45, 2.75) is 26.1 Å². The number of nitrogens with one attached hydrogen (secondary N) is 2. The van der Waals surface area contributed by atoms with E-state index in [0.29, 0.717) is 38.8 Å². The van der Waals surface area contributed by atoms with Crippen molar-refractivity contribution in [3.63, 3.8) is 0 Å². The van der Waals surface area contributed by atoms with E-state index in [9.17, 15) is 31.2 Å². The van der Waals surface area contributed by atoms with E-state index in [1.54, 1.807) is 60.8 Å². The maximum absolute atomic E-state index is 13.2. The van der Waals surface area contributed by atoms with Crippen LogP contribution < -0.4 is 10.6 Å². The van der Waals surface area contributed by atoms with Crippen LogP contribution in [0.5, 0.6) is 0 Å². The summed E-state index contributed by atoms with van der Waals surface area (Å²) in [5.41, 5.74) is 2.72. The monoisotopic (exact) mass is 650 g/mol. The minimum Gasteiger partial charge on any atom is -0.344 e. The Hall–Kier alpha value is -5.14. The zero-order chi connectivity index (χ0) is 33.5. The van der Waals surface area contributed by atoms with Gasteiger partial charge in [0.15, 0.2) is 0 Å². The topological polar surface area (TPSA) is 138 Å². The number of anilines is 1. The number of benzene rings is 3. The Morgan fingerprint density at radius 3 is 2.20 bits per heavy atom. The highest BCUT2D eigenvalue weighted by atomic mass is 32.2. The van der Waals surface area contributed by atoms with Crippen LogP contribution in [0.1, 0.15) is 51.9 Å². The summed E-state index contributed by atoms with van der Waals surface area (Å²) in [6.07, 6.45) is -1.31. The molecule has 5 rings (SSSR count). The number of carbonyl (C=O) groups is 2. The van der Waals surface area contributed by atoms with Crippen LogP contribution in [0.2, 0.25) is 0 Å². The summed E-state index contributed by atoms with van der Waals surface area (Å²) >= 11 is 0. The number of aromatic nitrogens is 2. The Morgan fingerprint density at radius 1 is 0.891 bits per heavy atom. The fourth-order valence-electron chi connectivity index (χ4n) is 4.28. The van der Waals surface area contributed by atoms with Crippen molar-refractivity contribution in [1.29, 1.82) is 0 Å². The minimum atomic E-state index is -4.44. The summed E-state index contributed by atoms with van der Waals surface area (Å²) in [5.74, 6) is -0.910. The average molecular weight is 651 g/mol. The molecule has 0 bridgehead atoms. The van der Waals surface area contributed by atoms with Crippen molar-refractivity contribution in [1.82, 2.24) is 15.3 Å². The molecule has 0 saturated carbocycles. The highest BCUT2D eigenvalue weighted by molar-refractivity contribution is 7.85. The van der Waals surface area contributed by atoms with Gasteiger partial charge in [-0.25, -0.2) is 0 Å². The van der Waals surface area contributed by atoms with Crippen LogP contribution in [0.15, 0.2) is 103 Å². The number of hydrogen-bond donors (Lipinski definition) is 3. The molecule has 238 valence electrons. The summed E-state index contributed by atoms with van der Waals surface area (Å²) in [6.45, 7) is 3.22. The lowest BCUT2D eigenvalue weighted by molar-refractivity contribution is -0.137. The van der Waals surface area contributed by atoms with E-state index < -0.39 is 27.8 Å². The Kier molecular flexibility index (Phi) is 10.5. The molecule has 5 aromatic rings. The van der Waals surface area contributed by atoms with Gasteiger partial charge in [0.25, 0.3) is 21.9 Å². The molecule has 2 amide bonds. The van der Waals surface area contributed by atoms with Gasteiger partial charge in [-0.15, -0.1) is 0 Å². The second kappa shape index (κ2) is 14.3. The molecule has 9 nitrogen and oxygen atoms in total. The molecule has 0 aliphatic carbocycles. The fraction of sp³-hybridized carbons (Fsp3) is 0.152. The van der Waals surface area contributed by atoms with Crippen LogP contribution in [0.4, 0.5) is 18.9 Å². The normalized spacial score (nSPS) is 12.0. The molecule has 2 aromatic heterocycles. The average Bonchev–Trinajstić information content (AvgIpc) is 3.04. The smallest absolute Gasteiger partial charge is 0.344 e. The van der Waals surface area contributed by atoms with E-state index in [1.807, 2.05) is 19.1 Å². The number of rotatable bonds is 7. The minimum absolute atomic E-state index is 0.201. The van der Waals surface area contributed by atoms with Crippen LogP contribution in [0.25, 0.3) is 22.0 Å². The number of alkyl halides is 3. The van der Waals surface area contributed by atoms with Gasteiger partial charge in [-0.2, -0.15) is 21.6 Å². The number of carbonyl (C=O) groups excluding carboxylic acids is 2. The summed E-state index contributed by atoms with van der Waals surface area (Å²) < 4.78 is 65.8. The molecule has 1 atom stereocenters. The van der Waals surface area contributed by atoms with Crippen LogP contribution in [0, 0.1) is 0 Å². The third-order valence-corrected chi connectivity index (χ3v) is 7.47. The Bertz CT molecular complexity index is 1950. The highest BCUT2D eigenvalue weighted by Crippen LogP contribution is 2.32. The van der Waals surface area contributed by atoms with Gasteiger partial charge in [0.2, 0.25) is 0 Å². The number of pyridine rings is 2. The molecule has 0 saturated heterocycles. The highest BCUT2D eigenvalue weighted by Gasteiger charge is 2.30. The number of nitrogens with zero attached hydrogens (tertiary/aromatic N) is 2. The van der Waals surface area contributed by atoms with Gasteiger partial charge in [-0.05, 0) is 73.5 Å². The predicted molar refractivity (Wildman–Crippen MR) is 169 cm³/mol. The Labute approximate surface area is 263 Å². The van der Waals surface area contributed by atoms with Crippen molar-refractivity contribution >= 4 is 38.5 Å². The lowest BCUT2D eigenvalue weighted by atomic mass is 9.98. The zero-order valence-corrected chi connectivity index (χ0v) is 25.4. The van der Waals surface area contributed by atoms with Crippen LogP contribution >= 0.6 is 0 Å². The maximum atomic E-state index is 13.2. The lowest BCUT2D eigenvalue weighted by Gasteiger charge is -2.14. The van der Waals surface area contributed by atoms with Gasteiger partial charge in [0.05, 0.1) is 34.1 Å². The molecular weight excluding hydrogens is 621 g/mol. The van der Waals surface area contributed by atoms with Crippen molar-refractivity contribution in [3.8, 4) is 11.1 Å². The summed E-state index contributed by atoms with van der Waals surface area (Å²) in [7, 11) is -3.66. The molecule has 0 spiro atoms. The van der Waals surface area contributed by atoms with E-state index >= 15 is 0 Å². The molecule has 13 heteroatoms. The van der Waals surface area contributed by atoms with E-state index in [2.05, 4.69) is 20.6 Å². The Balaban J connectivity index is 0.000000731. The zero-order valence-electron chi connectivity index (χ0n) is 24.6. The van der Waals surface area contributed by atoms with E-state index in [1.165, 1.54) is 25.3 Å². The van der Waals surface area contributed by atoms with E-state index in [-0.39, 0.29) is 17.7 Å². The summed E-state index contributed by atoms with van der Waals surface area (Å²) in [6, 6.07) is 23.4. The quantitative estimate of drug-likeness (QED) is 0.162. The third kappa shape index (κ3) is 8.96. The molecule has 0 aliphatic rings. The molecule has 46 heavy (non-hydrogen) atoms. The SMILES string of the molecule is CC(NC(=O)c1cnc2cc(NC(=O)c3ccccc3-c3ccc(C(F)(F)F)cc3)ccc2c1)c1ccccn1.CCS(=O)(=O)O. The van der Waals surface area contributed by atoms with Crippen molar-refractivity contribution in [3.05, 3.63) is 126 Å². The number of hydrogen-bond acceptors (Lipinski definition) is 6. The standard InChI is InChI=1S/C31H23F3N4O2.C2H6O3S/c1-19(27-8-4-5-15-35-27)37-29(39)22-16-21-11-14-24(17-28(21)36-18-22)38-30(40)26-7-3-2-6-25(26)20-9-12-23(13-10-20)31(32,33)34;1-2-6(3,4)5/h2-19H,1H3,(H,37,39)(H,38,40);2H2,1H3,(H,3,4,5). The molecule has 0 aliphatic heterocycles. The van der Waals surface area contributed by atoms with Crippen molar-refractivity contribution in [2.75, 3.05) is 11.1 Å². The van der Waals surface area contributed by atoms with Gasteiger partial charge < -0.3 is 10.6 Å². The fourth-order valence-corrected chi connectivity index (χ4v) is 4.28. The number of fused-ring (bicyclic) bond motifs is 1. The largest absolute Gasteiger partial charge is 0.416 e. The van der Waals surface area contributed by atoms with E-state index in [4.69, 9.17) is 4.55 Å². The first kappa shape index (κ1) is 33.7. The van der Waals surface area contributed by atoms with Crippen LogP contribution in [0.3, 0.4) is 0 Å². The maximum Gasteiger partial charge on any atom is 0.416 e.